The van der Waals surface area contributed by atoms with E-state index in [0.29, 0.717) is 24.9 Å². The van der Waals surface area contributed by atoms with Crippen LogP contribution in [0, 0.1) is 13.0 Å². The van der Waals surface area contributed by atoms with E-state index in [1.165, 1.54) is 10.8 Å². The SMILES string of the molecule is C=CCOC1C(OCc2ccccc2)[C](COCc2ccccc2)OC1n1cc(C)c(=O)[nH]c1=O. The Morgan fingerprint density at radius 3 is 2.29 bits per heavy atom. The Morgan fingerprint density at radius 2 is 1.63 bits per heavy atom. The van der Waals surface area contributed by atoms with Gasteiger partial charge in [-0.3, -0.25) is 14.3 Å². The van der Waals surface area contributed by atoms with Crippen molar-refractivity contribution in [1.29, 1.82) is 0 Å². The lowest BCUT2D eigenvalue weighted by Crippen LogP contribution is -2.40. The van der Waals surface area contributed by atoms with Crippen LogP contribution in [0.15, 0.2) is 89.1 Å². The summed E-state index contributed by atoms with van der Waals surface area (Å²) in [5.41, 5.74) is 1.36. The van der Waals surface area contributed by atoms with Gasteiger partial charge in [0.2, 0.25) is 0 Å². The van der Waals surface area contributed by atoms with E-state index in [0.717, 1.165) is 11.1 Å². The van der Waals surface area contributed by atoms with Crippen LogP contribution in [0.3, 0.4) is 0 Å². The highest BCUT2D eigenvalue weighted by atomic mass is 16.6. The molecule has 8 nitrogen and oxygen atoms in total. The minimum Gasteiger partial charge on any atom is -0.374 e. The van der Waals surface area contributed by atoms with Crippen LogP contribution in [0.5, 0.6) is 0 Å². The van der Waals surface area contributed by atoms with Gasteiger partial charge in [-0.25, -0.2) is 4.79 Å². The maximum absolute atomic E-state index is 12.7. The Bertz CT molecular complexity index is 1210. The molecule has 1 aromatic heterocycles. The number of H-pyrrole nitrogens is 1. The third-order valence-corrected chi connectivity index (χ3v) is 5.62. The summed E-state index contributed by atoms with van der Waals surface area (Å²) in [4.78, 5) is 26.9. The monoisotopic (exact) mass is 477 g/mol. The number of aryl methyl sites for hydroxylation is 1. The predicted octanol–water partition coefficient (Wildman–Crippen LogP) is 3.28. The Labute approximate surface area is 203 Å². The van der Waals surface area contributed by atoms with Crippen LogP contribution in [0.1, 0.15) is 22.9 Å². The van der Waals surface area contributed by atoms with Gasteiger partial charge < -0.3 is 18.9 Å². The molecule has 2 aromatic carbocycles. The molecule has 1 fully saturated rings. The van der Waals surface area contributed by atoms with E-state index in [-0.39, 0.29) is 13.2 Å². The van der Waals surface area contributed by atoms with Crippen molar-refractivity contribution in [3.63, 3.8) is 0 Å². The highest BCUT2D eigenvalue weighted by Crippen LogP contribution is 2.38. The van der Waals surface area contributed by atoms with Gasteiger partial charge in [0.25, 0.3) is 5.56 Å². The van der Waals surface area contributed by atoms with E-state index in [1.807, 2.05) is 60.7 Å². The number of benzene rings is 2. The van der Waals surface area contributed by atoms with E-state index in [9.17, 15) is 9.59 Å². The highest BCUT2D eigenvalue weighted by Gasteiger charge is 2.48. The summed E-state index contributed by atoms with van der Waals surface area (Å²) in [5, 5.41) is 0. The lowest BCUT2D eigenvalue weighted by Gasteiger charge is -2.25. The first kappa shape index (κ1) is 24.8. The number of hydrogen-bond acceptors (Lipinski definition) is 6. The fourth-order valence-electron chi connectivity index (χ4n) is 3.87. The molecular formula is C27H29N2O6. The van der Waals surface area contributed by atoms with Gasteiger partial charge in [-0.15, -0.1) is 6.58 Å². The average Bonchev–Trinajstić information content (AvgIpc) is 3.21. The molecule has 0 spiro atoms. The summed E-state index contributed by atoms with van der Waals surface area (Å²) in [5.74, 6) is 0. The second-order valence-corrected chi connectivity index (χ2v) is 8.24. The zero-order valence-electron chi connectivity index (χ0n) is 19.6. The minimum absolute atomic E-state index is 0.149. The molecule has 183 valence electrons. The molecule has 2 heterocycles. The standard InChI is InChI=1S/C27H29N2O6/c1-3-14-33-24-23(34-17-21-12-8-5-9-13-21)22(18-32-16-20-10-6-4-7-11-20)35-26(24)29-15-19(2)25(30)28-27(29)31/h3-13,15,23-24,26H,1,14,16-18H2,2H3,(H,28,30,31). The molecule has 1 aliphatic rings. The Hall–Kier alpha value is -3.30. The molecule has 3 unspecified atom stereocenters. The van der Waals surface area contributed by atoms with Gasteiger partial charge in [0.1, 0.15) is 12.2 Å². The molecule has 0 amide bonds. The maximum Gasteiger partial charge on any atom is 0.330 e. The number of rotatable bonds is 11. The summed E-state index contributed by atoms with van der Waals surface area (Å²) < 4.78 is 25.8. The largest absolute Gasteiger partial charge is 0.374 e. The van der Waals surface area contributed by atoms with Gasteiger partial charge in [0.05, 0.1) is 26.4 Å². The minimum atomic E-state index is -0.853. The first-order chi connectivity index (χ1) is 17.1. The van der Waals surface area contributed by atoms with E-state index < -0.39 is 29.7 Å². The van der Waals surface area contributed by atoms with Gasteiger partial charge in [-0.1, -0.05) is 66.7 Å². The third-order valence-electron chi connectivity index (χ3n) is 5.62. The van der Waals surface area contributed by atoms with Gasteiger partial charge >= 0.3 is 5.69 Å². The first-order valence-electron chi connectivity index (χ1n) is 11.4. The van der Waals surface area contributed by atoms with Crippen LogP contribution >= 0.6 is 0 Å². The molecule has 35 heavy (non-hydrogen) atoms. The summed E-state index contributed by atoms with van der Waals surface area (Å²) in [6.07, 6.45) is 1.46. The molecule has 1 saturated heterocycles. The Balaban J connectivity index is 1.59. The van der Waals surface area contributed by atoms with Gasteiger partial charge in [0.15, 0.2) is 12.3 Å². The van der Waals surface area contributed by atoms with Crippen LogP contribution in [-0.2, 0) is 32.2 Å². The van der Waals surface area contributed by atoms with Crippen molar-refractivity contribution >= 4 is 0 Å². The van der Waals surface area contributed by atoms with E-state index >= 15 is 0 Å². The van der Waals surface area contributed by atoms with Gasteiger partial charge in [-0.05, 0) is 18.1 Å². The second kappa shape index (κ2) is 11.9. The molecule has 4 rings (SSSR count). The number of aromatic nitrogens is 2. The smallest absolute Gasteiger partial charge is 0.330 e. The van der Waals surface area contributed by atoms with Crippen LogP contribution in [0.4, 0.5) is 0 Å². The number of nitrogens with zero attached hydrogens (tertiary/aromatic N) is 1. The molecule has 1 N–H and O–H groups in total. The van der Waals surface area contributed by atoms with Crippen molar-refractivity contribution in [3.8, 4) is 0 Å². The lowest BCUT2D eigenvalue weighted by molar-refractivity contribution is -0.0763. The zero-order valence-corrected chi connectivity index (χ0v) is 19.6. The molecule has 8 heteroatoms. The van der Waals surface area contributed by atoms with Crippen molar-refractivity contribution in [1.82, 2.24) is 9.55 Å². The quantitative estimate of drug-likeness (QED) is 0.426. The van der Waals surface area contributed by atoms with Crippen molar-refractivity contribution < 1.29 is 18.9 Å². The van der Waals surface area contributed by atoms with Crippen LogP contribution < -0.4 is 11.2 Å². The molecule has 0 bridgehead atoms. The van der Waals surface area contributed by atoms with Crippen LogP contribution in [0.2, 0.25) is 0 Å². The Kier molecular flexibility index (Phi) is 8.44. The van der Waals surface area contributed by atoms with E-state index in [1.54, 1.807) is 13.0 Å². The fourth-order valence-corrected chi connectivity index (χ4v) is 3.87. The third kappa shape index (κ3) is 6.23. The summed E-state index contributed by atoms with van der Waals surface area (Å²) in [6.45, 7) is 6.44. The number of nitrogens with one attached hydrogen (secondary N) is 1. The van der Waals surface area contributed by atoms with Crippen molar-refractivity contribution in [2.45, 2.75) is 38.6 Å². The van der Waals surface area contributed by atoms with Gasteiger partial charge in [0, 0.05) is 11.8 Å². The molecule has 0 saturated carbocycles. The normalized spacial score (nSPS) is 20.2. The molecule has 1 radical (unpaired) electrons. The van der Waals surface area contributed by atoms with Crippen molar-refractivity contribution in [2.24, 2.45) is 0 Å². The Morgan fingerprint density at radius 1 is 0.971 bits per heavy atom. The molecule has 0 aliphatic carbocycles. The number of ether oxygens (including phenoxy) is 4. The van der Waals surface area contributed by atoms with Crippen LogP contribution in [0.25, 0.3) is 0 Å². The summed E-state index contributed by atoms with van der Waals surface area (Å²) in [6, 6.07) is 19.5. The zero-order chi connectivity index (χ0) is 24.6. The highest BCUT2D eigenvalue weighted by molar-refractivity contribution is 5.15. The lowest BCUT2D eigenvalue weighted by atomic mass is 10.1. The van der Waals surface area contributed by atoms with Crippen molar-refractivity contribution in [3.05, 3.63) is 123 Å². The number of hydrogen-bond donors (Lipinski definition) is 1. The maximum atomic E-state index is 12.7. The fraction of sp³-hybridized carbons (Fsp3) is 0.296. The summed E-state index contributed by atoms with van der Waals surface area (Å²) >= 11 is 0. The molecule has 1 aliphatic heterocycles. The molecule has 3 aromatic rings. The van der Waals surface area contributed by atoms with Gasteiger partial charge in [-0.2, -0.15) is 0 Å². The van der Waals surface area contributed by atoms with Crippen molar-refractivity contribution in [2.75, 3.05) is 13.2 Å². The molecular weight excluding hydrogens is 448 g/mol. The second-order valence-electron chi connectivity index (χ2n) is 8.24. The van der Waals surface area contributed by atoms with E-state index in [4.69, 9.17) is 18.9 Å². The predicted molar refractivity (Wildman–Crippen MR) is 130 cm³/mol. The number of aromatic amines is 1. The van der Waals surface area contributed by atoms with Crippen LogP contribution in [-0.4, -0.2) is 35.0 Å². The summed E-state index contributed by atoms with van der Waals surface area (Å²) in [7, 11) is 0. The molecule has 3 atom stereocenters. The first-order valence-corrected chi connectivity index (χ1v) is 11.4. The average molecular weight is 478 g/mol. The van der Waals surface area contributed by atoms with E-state index in [2.05, 4.69) is 11.6 Å². The topological polar surface area (TPSA) is 91.8 Å².